The van der Waals surface area contributed by atoms with Gasteiger partial charge >= 0.3 is 5.69 Å². The molecule has 8 heteroatoms. The van der Waals surface area contributed by atoms with E-state index in [1.807, 2.05) is 24.3 Å². The molecule has 0 fully saturated rings. The summed E-state index contributed by atoms with van der Waals surface area (Å²) in [6.45, 7) is 3.01. The van der Waals surface area contributed by atoms with E-state index in [9.17, 15) is 9.59 Å². The highest BCUT2D eigenvalue weighted by Crippen LogP contribution is 2.16. The average molecular weight is 413 g/mol. The molecule has 0 radical (unpaired) electrons. The van der Waals surface area contributed by atoms with Crippen molar-refractivity contribution in [1.82, 2.24) is 18.7 Å². The number of halogens is 1. The van der Waals surface area contributed by atoms with Gasteiger partial charge in [0.25, 0.3) is 5.56 Å². The molecule has 29 heavy (non-hydrogen) atoms. The van der Waals surface area contributed by atoms with E-state index in [4.69, 9.17) is 16.0 Å². The number of aromatic nitrogens is 4. The number of rotatable bonds is 7. The van der Waals surface area contributed by atoms with Gasteiger partial charge in [-0.25, -0.2) is 9.78 Å². The molecule has 150 valence electrons. The van der Waals surface area contributed by atoms with E-state index in [1.54, 1.807) is 33.9 Å². The summed E-state index contributed by atoms with van der Waals surface area (Å²) in [6, 6.07) is 10.8. The Balaban J connectivity index is 1.91. The molecule has 0 spiro atoms. The quantitative estimate of drug-likeness (QED) is 0.465. The molecule has 4 rings (SSSR count). The smallest absolute Gasteiger partial charge is 0.333 e. The second-order valence-electron chi connectivity index (χ2n) is 6.89. The number of hydrogen-bond donors (Lipinski definition) is 0. The fourth-order valence-electron chi connectivity index (χ4n) is 3.38. The lowest BCUT2D eigenvalue weighted by atomic mass is 10.2. The van der Waals surface area contributed by atoms with Crippen LogP contribution < -0.4 is 11.2 Å². The average Bonchev–Trinajstić information content (AvgIpc) is 3.37. The summed E-state index contributed by atoms with van der Waals surface area (Å²) in [5.74, 6) is 0.702. The zero-order valence-corrected chi connectivity index (χ0v) is 16.8. The van der Waals surface area contributed by atoms with Gasteiger partial charge in [-0.05, 0) is 30.2 Å². The van der Waals surface area contributed by atoms with E-state index in [0.717, 1.165) is 12.8 Å². The summed E-state index contributed by atoms with van der Waals surface area (Å²) in [6.07, 6.45) is 4.90. The van der Waals surface area contributed by atoms with Crippen LogP contribution in [0.25, 0.3) is 11.2 Å². The molecule has 0 saturated heterocycles. The summed E-state index contributed by atoms with van der Waals surface area (Å²) in [5.41, 5.74) is 0.729. The zero-order chi connectivity index (χ0) is 20.4. The predicted octanol–water partition coefficient (Wildman–Crippen LogP) is 3.50. The number of fused-ring (bicyclic) bond motifs is 1. The van der Waals surface area contributed by atoms with Crippen LogP contribution in [0.4, 0.5) is 0 Å². The molecule has 0 bridgehead atoms. The van der Waals surface area contributed by atoms with Crippen LogP contribution in [0.15, 0.2) is 63.0 Å². The van der Waals surface area contributed by atoms with E-state index >= 15 is 0 Å². The summed E-state index contributed by atoms with van der Waals surface area (Å²) >= 11 is 6.27. The molecular weight excluding hydrogens is 392 g/mol. The minimum atomic E-state index is -0.387. The van der Waals surface area contributed by atoms with Crippen molar-refractivity contribution in [2.24, 2.45) is 0 Å². The standard InChI is InChI=1S/C21H21ClN4O3/c1-2-3-10-25-19-18(24(14-23-19)13-16-8-6-11-29-16)20(27)26(21(25)28)12-15-7-4-5-9-17(15)22/h4-9,11,14H,2-3,10,12-13H2,1H3. The first-order valence-corrected chi connectivity index (χ1v) is 9.92. The van der Waals surface area contributed by atoms with Crippen LogP contribution in [-0.4, -0.2) is 18.7 Å². The molecule has 0 saturated carbocycles. The molecule has 3 aromatic heterocycles. The van der Waals surface area contributed by atoms with Gasteiger partial charge in [-0.2, -0.15) is 0 Å². The number of unbranched alkanes of at least 4 members (excludes halogenated alkanes) is 1. The molecule has 4 aromatic rings. The highest BCUT2D eigenvalue weighted by molar-refractivity contribution is 6.31. The fraction of sp³-hybridized carbons (Fsp3) is 0.286. The molecule has 0 amide bonds. The normalized spacial score (nSPS) is 11.4. The number of benzene rings is 1. The van der Waals surface area contributed by atoms with Crippen LogP contribution in [0.5, 0.6) is 0 Å². The maximum atomic E-state index is 13.3. The minimum absolute atomic E-state index is 0.103. The van der Waals surface area contributed by atoms with Gasteiger partial charge in [0.15, 0.2) is 11.2 Å². The summed E-state index contributed by atoms with van der Waals surface area (Å²) in [7, 11) is 0. The summed E-state index contributed by atoms with van der Waals surface area (Å²) in [4.78, 5) is 30.9. The first-order chi connectivity index (χ1) is 14.1. The van der Waals surface area contributed by atoms with E-state index in [-0.39, 0.29) is 17.8 Å². The van der Waals surface area contributed by atoms with E-state index < -0.39 is 0 Å². The first kappa shape index (κ1) is 19.3. The highest BCUT2D eigenvalue weighted by atomic mass is 35.5. The Morgan fingerprint density at radius 1 is 1.07 bits per heavy atom. The number of imidazole rings is 1. The Labute approximate surface area is 171 Å². The maximum absolute atomic E-state index is 13.3. The van der Waals surface area contributed by atoms with Crippen LogP contribution in [0.1, 0.15) is 31.1 Å². The number of hydrogen-bond acceptors (Lipinski definition) is 4. The fourth-order valence-corrected chi connectivity index (χ4v) is 3.58. The van der Waals surface area contributed by atoms with Gasteiger partial charge in [0, 0.05) is 11.6 Å². The zero-order valence-electron chi connectivity index (χ0n) is 16.0. The first-order valence-electron chi connectivity index (χ1n) is 9.54. The topological polar surface area (TPSA) is 75.0 Å². The molecule has 0 aliphatic rings. The van der Waals surface area contributed by atoms with Crippen LogP contribution in [0, 0.1) is 0 Å². The van der Waals surface area contributed by atoms with Crippen molar-refractivity contribution < 1.29 is 4.42 Å². The maximum Gasteiger partial charge on any atom is 0.333 e. The monoisotopic (exact) mass is 412 g/mol. The minimum Gasteiger partial charge on any atom is -0.467 e. The lowest BCUT2D eigenvalue weighted by molar-refractivity contribution is 0.495. The second-order valence-corrected chi connectivity index (χ2v) is 7.30. The van der Waals surface area contributed by atoms with Gasteiger partial charge in [0.05, 0.1) is 25.7 Å². The van der Waals surface area contributed by atoms with E-state index in [0.29, 0.717) is 40.6 Å². The molecule has 3 heterocycles. The molecule has 7 nitrogen and oxygen atoms in total. The van der Waals surface area contributed by atoms with Crippen LogP contribution in [0.3, 0.4) is 0 Å². The van der Waals surface area contributed by atoms with Crippen LogP contribution >= 0.6 is 11.6 Å². The molecule has 0 N–H and O–H groups in total. The molecule has 0 aliphatic carbocycles. The van der Waals surface area contributed by atoms with Crippen molar-refractivity contribution in [3.05, 3.63) is 86.2 Å². The number of furan rings is 1. The third kappa shape index (κ3) is 3.65. The van der Waals surface area contributed by atoms with Crippen molar-refractivity contribution in [1.29, 1.82) is 0 Å². The summed E-state index contributed by atoms with van der Waals surface area (Å²) in [5, 5.41) is 0.517. The van der Waals surface area contributed by atoms with E-state index in [2.05, 4.69) is 11.9 Å². The molecule has 1 aromatic carbocycles. The van der Waals surface area contributed by atoms with Gasteiger partial charge in [0.1, 0.15) is 5.76 Å². The van der Waals surface area contributed by atoms with Crippen molar-refractivity contribution in [3.8, 4) is 0 Å². The number of nitrogens with zero attached hydrogens (tertiary/aromatic N) is 4. The predicted molar refractivity (Wildman–Crippen MR) is 112 cm³/mol. The molecule has 0 atom stereocenters. The van der Waals surface area contributed by atoms with Gasteiger partial charge in [0.2, 0.25) is 0 Å². The Kier molecular flexibility index (Phi) is 5.40. The van der Waals surface area contributed by atoms with Crippen molar-refractivity contribution >= 4 is 22.8 Å². The van der Waals surface area contributed by atoms with Crippen molar-refractivity contribution in [2.75, 3.05) is 0 Å². The lowest BCUT2D eigenvalue weighted by Crippen LogP contribution is -2.41. The van der Waals surface area contributed by atoms with Gasteiger partial charge in [-0.15, -0.1) is 0 Å². The van der Waals surface area contributed by atoms with Crippen LogP contribution in [0.2, 0.25) is 5.02 Å². The third-order valence-corrected chi connectivity index (χ3v) is 5.28. The lowest BCUT2D eigenvalue weighted by Gasteiger charge is -2.13. The van der Waals surface area contributed by atoms with Gasteiger partial charge < -0.3 is 8.98 Å². The Morgan fingerprint density at radius 2 is 1.90 bits per heavy atom. The summed E-state index contributed by atoms with van der Waals surface area (Å²) < 4.78 is 9.95. The van der Waals surface area contributed by atoms with Gasteiger partial charge in [-0.3, -0.25) is 13.9 Å². The third-order valence-electron chi connectivity index (χ3n) is 4.91. The SMILES string of the molecule is CCCCn1c(=O)n(Cc2ccccc2Cl)c(=O)c2c1ncn2Cc1ccco1. The largest absolute Gasteiger partial charge is 0.467 e. The molecule has 0 aliphatic heterocycles. The number of aryl methyl sites for hydroxylation is 1. The Hall–Kier alpha value is -3.06. The van der Waals surface area contributed by atoms with Crippen molar-refractivity contribution in [3.63, 3.8) is 0 Å². The Bertz CT molecular complexity index is 1250. The van der Waals surface area contributed by atoms with Crippen LogP contribution in [-0.2, 0) is 19.6 Å². The highest BCUT2D eigenvalue weighted by Gasteiger charge is 2.19. The molecule has 0 unspecified atom stereocenters. The van der Waals surface area contributed by atoms with Crippen molar-refractivity contribution in [2.45, 2.75) is 39.4 Å². The molecular formula is C21H21ClN4O3. The second kappa shape index (κ2) is 8.13. The van der Waals surface area contributed by atoms with E-state index in [1.165, 1.54) is 4.57 Å². The van der Waals surface area contributed by atoms with Gasteiger partial charge in [-0.1, -0.05) is 43.1 Å². The Morgan fingerprint density at radius 3 is 2.62 bits per heavy atom.